The first-order valence-corrected chi connectivity index (χ1v) is 13.1. The van der Waals surface area contributed by atoms with Crippen LogP contribution in [-0.2, 0) is 9.63 Å². The smallest absolute Gasteiger partial charge is 0.331 e. The molecule has 0 N–H and O–H groups in total. The number of hydrogen-bond acceptors (Lipinski definition) is 7. The van der Waals surface area contributed by atoms with Crippen LogP contribution in [0.25, 0.3) is 26.2 Å². The zero-order valence-electron chi connectivity index (χ0n) is 19.4. The molecule has 0 amide bonds. The fourth-order valence-electron chi connectivity index (χ4n) is 3.91. The molecule has 0 spiro atoms. The Morgan fingerprint density at radius 2 is 1.80 bits per heavy atom. The molecule has 35 heavy (non-hydrogen) atoms. The Hall–Kier alpha value is -3.42. The maximum Gasteiger partial charge on any atom is 0.331 e. The summed E-state index contributed by atoms with van der Waals surface area (Å²) in [6.07, 6.45) is 4.20. The minimum atomic E-state index is -0.541. The summed E-state index contributed by atoms with van der Waals surface area (Å²) in [5, 5.41) is 6.79. The van der Waals surface area contributed by atoms with Gasteiger partial charge in [-0.05, 0) is 78.7 Å². The van der Waals surface area contributed by atoms with Gasteiger partial charge in [0.25, 0.3) is 0 Å². The van der Waals surface area contributed by atoms with E-state index in [-0.39, 0.29) is 11.5 Å². The largest absolute Gasteiger partial charge is 0.449 e. The molecule has 0 atom stereocenters. The van der Waals surface area contributed by atoms with Crippen LogP contribution in [0.3, 0.4) is 0 Å². The Morgan fingerprint density at radius 3 is 2.57 bits per heavy atom. The number of carbonyl (C=O) groups is 2. The minimum Gasteiger partial charge on any atom is -0.449 e. The van der Waals surface area contributed by atoms with Crippen LogP contribution in [0, 0.1) is 0 Å². The summed E-state index contributed by atoms with van der Waals surface area (Å²) in [5.41, 5.74) is 1.83. The van der Waals surface area contributed by atoms with Crippen LogP contribution >= 0.6 is 23.1 Å². The monoisotopic (exact) mass is 501 g/mol. The van der Waals surface area contributed by atoms with Gasteiger partial charge in [-0.15, -0.1) is 11.3 Å². The second-order valence-corrected chi connectivity index (χ2v) is 10.4. The van der Waals surface area contributed by atoms with Gasteiger partial charge in [0, 0.05) is 32.7 Å². The lowest BCUT2D eigenvalue weighted by Gasteiger charge is -2.05. The normalized spacial score (nSPS) is 14.3. The molecule has 4 aromatic rings. The number of ether oxygens (including phenoxy) is 1. The molecule has 7 heteroatoms. The van der Waals surface area contributed by atoms with Crippen LogP contribution in [0.2, 0.25) is 0 Å². The number of thioether (sulfide) groups is 1. The minimum absolute atomic E-state index is 0.215. The van der Waals surface area contributed by atoms with Gasteiger partial charge in [-0.2, -0.15) is 0 Å². The molecule has 2 heterocycles. The van der Waals surface area contributed by atoms with E-state index < -0.39 is 5.97 Å². The van der Waals surface area contributed by atoms with E-state index in [0.717, 1.165) is 54.3 Å². The second-order valence-electron chi connectivity index (χ2n) is 8.24. The summed E-state index contributed by atoms with van der Waals surface area (Å²) in [7, 11) is 0. The van der Waals surface area contributed by atoms with Crippen molar-refractivity contribution in [3.05, 3.63) is 76.9 Å². The number of para-hydroxylation sites is 1. The summed E-state index contributed by atoms with van der Waals surface area (Å²) in [6, 6.07) is 20.0. The van der Waals surface area contributed by atoms with Gasteiger partial charge in [0.2, 0.25) is 5.78 Å². The molecule has 0 unspecified atom stereocenters. The molecule has 0 radical (unpaired) electrons. The highest BCUT2D eigenvalue weighted by molar-refractivity contribution is 8.03. The highest BCUT2D eigenvalue weighted by Gasteiger charge is 2.19. The number of unbranched alkanes of at least 4 members (excludes halogenated alkanes) is 1. The highest BCUT2D eigenvalue weighted by Crippen LogP contribution is 2.44. The number of fused-ring (bicyclic) bond motifs is 4. The van der Waals surface area contributed by atoms with E-state index in [1.807, 2.05) is 49.4 Å². The molecule has 0 saturated carbocycles. The molecule has 0 bridgehead atoms. The van der Waals surface area contributed by atoms with Gasteiger partial charge in [0.1, 0.15) is 11.5 Å². The Morgan fingerprint density at radius 1 is 1.03 bits per heavy atom. The molecule has 1 aliphatic heterocycles. The first-order valence-electron chi connectivity index (χ1n) is 11.4. The van der Waals surface area contributed by atoms with E-state index in [4.69, 9.17) is 9.57 Å². The number of ketones is 1. The van der Waals surface area contributed by atoms with E-state index in [1.54, 1.807) is 23.1 Å². The van der Waals surface area contributed by atoms with Crippen molar-refractivity contribution in [3.63, 3.8) is 0 Å². The van der Waals surface area contributed by atoms with Crippen molar-refractivity contribution < 1.29 is 19.2 Å². The van der Waals surface area contributed by atoms with Gasteiger partial charge in [0.05, 0.1) is 4.90 Å². The van der Waals surface area contributed by atoms with Crippen LogP contribution < -0.4 is 4.74 Å². The summed E-state index contributed by atoms with van der Waals surface area (Å²) in [4.78, 5) is 30.4. The maximum absolute atomic E-state index is 13.2. The number of nitrogens with zero attached hydrogens (tertiary/aromatic N) is 1. The van der Waals surface area contributed by atoms with Crippen LogP contribution in [-0.4, -0.2) is 17.5 Å². The van der Waals surface area contributed by atoms with Crippen molar-refractivity contribution in [1.82, 2.24) is 0 Å². The van der Waals surface area contributed by atoms with E-state index in [2.05, 4.69) is 29.4 Å². The quantitative estimate of drug-likeness (QED) is 0.112. The van der Waals surface area contributed by atoms with Crippen molar-refractivity contribution in [1.29, 1.82) is 0 Å². The fourth-order valence-corrected chi connectivity index (χ4v) is 5.88. The van der Waals surface area contributed by atoms with Crippen LogP contribution in [0.15, 0.2) is 75.8 Å². The van der Waals surface area contributed by atoms with Crippen molar-refractivity contribution >= 4 is 66.8 Å². The number of carbonyl (C=O) groups excluding carboxylic acids is 2. The Labute approximate surface area is 211 Å². The number of rotatable bonds is 7. The molecule has 1 aliphatic rings. The standard InChI is InChI=1S/C28H23NO4S2/c1-3-4-7-22(29-33-17(2)30)28(31)19-11-13-25-21(16-19)20-14-18(10-12-24(20)34-25)15-27-32-23-8-5-6-9-26(23)35-27/h5-6,8-16H,3-4,7H2,1-2H3/b27-15+,29-22+. The Kier molecular flexibility index (Phi) is 6.70. The molecule has 3 aromatic carbocycles. The SMILES string of the molecule is CCCC/C(=N\OC(C)=O)C(=O)c1ccc2sc3ccc(/C=C4\Oc5ccccc5S4)cc3c2c1. The van der Waals surface area contributed by atoms with Gasteiger partial charge >= 0.3 is 5.97 Å². The molecule has 0 fully saturated rings. The van der Waals surface area contributed by atoms with Crippen LogP contribution in [0.1, 0.15) is 49.0 Å². The van der Waals surface area contributed by atoms with Crippen molar-refractivity contribution in [2.45, 2.75) is 38.0 Å². The van der Waals surface area contributed by atoms with E-state index in [9.17, 15) is 9.59 Å². The van der Waals surface area contributed by atoms with Crippen LogP contribution in [0.5, 0.6) is 5.75 Å². The zero-order chi connectivity index (χ0) is 24.4. The van der Waals surface area contributed by atoms with E-state index in [1.165, 1.54) is 6.92 Å². The summed E-state index contributed by atoms with van der Waals surface area (Å²) in [5.74, 6) is 0.122. The lowest BCUT2D eigenvalue weighted by Crippen LogP contribution is -2.15. The number of hydrogen-bond donors (Lipinski definition) is 0. The third kappa shape index (κ3) is 5.01. The first-order chi connectivity index (χ1) is 17.0. The summed E-state index contributed by atoms with van der Waals surface area (Å²) >= 11 is 3.30. The number of Topliss-reactive ketones (excluding diaryl/α,β-unsaturated/α-hetero) is 1. The Bertz CT molecular complexity index is 1490. The zero-order valence-corrected chi connectivity index (χ0v) is 21.0. The van der Waals surface area contributed by atoms with Gasteiger partial charge < -0.3 is 9.57 Å². The predicted octanol–water partition coefficient (Wildman–Crippen LogP) is 7.83. The number of benzene rings is 3. The summed E-state index contributed by atoms with van der Waals surface area (Å²) < 4.78 is 8.23. The van der Waals surface area contributed by atoms with Gasteiger partial charge in [-0.3, -0.25) is 4.79 Å². The lowest BCUT2D eigenvalue weighted by atomic mass is 10.0. The maximum atomic E-state index is 13.2. The predicted molar refractivity (Wildman–Crippen MR) is 143 cm³/mol. The second kappa shape index (κ2) is 10.1. The fraction of sp³-hybridized carbons (Fsp3) is 0.179. The third-order valence-electron chi connectivity index (χ3n) is 5.62. The molecular formula is C28H23NO4S2. The Balaban J connectivity index is 1.49. The van der Waals surface area contributed by atoms with E-state index in [0.29, 0.717) is 12.0 Å². The molecule has 5 nitrogen and oxygen atoms in total. The molecule has 1 aromatic heterocycles. The van der Waals surface area contributed by atoms with Gasteiger partial charge in [-0.25, -0.2) is 4.79 Å². The first kappa shape index (κ1) is 23.3. The van der Waals surface area contributed by atoms with Crippen LogP contribution in [0.4, 0.5) is 0 Å². The molecule has 0 saturated heterocycles. The van der Waals surface area contributed by atoms with Crippen molar-refractivity contribution in [3.8, 4) is 5.75 Å². The topological polar surface area (TPSA) is 65.0 Å². The lowest BCUT2D eigenvalue weighted by molar-refractivity contribution is -0.140. The number of thiophene rings is 1. The molecule has 0 aliphatic carbocycles. The van der Waals surface area contributed by atoms with Gasteiger partial charge in [-0.1, -0.05) is 36.7 Å². The van der Waals surface area contributed by atoms with Gasteiger partial charge in [0.15, 0.2) is 5.09 Å². The molecule has 5 rings (SSSR count). The van der Waals surface area contributed by atoms with Crippen molar-refractivity contribution in [2.75, 3.05) is 0 Å². The summed E-state index contributed by atoms with van der Waals surface area (Å²) in [6.45, 7) is 3.31. The highest BCUT2D eigenvalue weighted by atomic mass is 32.2. The average Bonchev–Trinajstić information content (AvgIpc) is 3.43. The molecule has 176 valence electrons. The van der Waals surface area contributed by atoms with Crippen molar-refractivity contribution in [2.24, 2.45) is 5.16 Å². The average molecular weight is 502 g/mol. The van der Waals surface area contributed by atoms with E-state index >= 15 is 0 Å². The third-order valence-corrected chi connectivity index (χ3v) is 7.74. The molecular weight excluding hydrogens is 478 g/mol. The number of oxime groups is 1.